The Hall–Kier alpha value is -2.20. The zero-order chi connectivity index (χ0) is 16.2. The van der Waals surface area contributed by atoms with Crippen LogP contribution in [0.2, 0.25) is 5.02 Å². The summed E-state index contributed by atoms with van der Waals surface area (Å²) in [4.78, 5) is 14.3. The molecule has 0 spiro atoms. The van der Waals surface area contributed by atoms with Crippen molar-refractivity contribution in [2.24, 2.45) is 0 Å². The van der Waals surface area contributed by atoms with Crippen molar-refractivity contribution in [1.29, 1.82) is 0 Å². The quantitative estimate of drug-likeness (QED) is 0.875. The molecule has 1 aliphatic heterocycles. The number of ether oxygens (including phenoxy) is 1. The largest absolute Gasteiger partial charge is 0.490 e. The van der Waals surface area contributed by atoms with Crippen molar-refractivity contribution in [2.75, 3.05) is 18.8 Å². The molecule has 23 heavy (non-hydrogen) atoms. The lowest BCUT2D eigenvalue weighted by Crippen LogP contribution is -2.41. The number of nitrogens with zero attached hydrogens (tertiary/aromatic N) is 1. The van der Waals surface area contributed by atoms with Crippen LogP contribution in [0.4, 0.5) is 5.69 Å². The van der Waals surface area contributed by atoms with E-state index in [1.54, 1.807) is 24.3 Å². The number of halogens is 1. The fourth-order valence-electron chi connectivity index (χ4n) is 2.74. The molecule has 0 unspecified atom stereocenters. The van der Waals surface area contributed by atoms with Crippen LogP contribution in [-0.4, -0.2) is 30.0 Å². The van der Waals surface area contributed by atoms with E-state index >= 15 is 0 Å². The molecule has 1 amide bonds. The zero-order valence-corrected chi connectivity index (χ0v) is 13.5. The van der Waals surface area contributed by atoms with Crippen LogP contribution in [0, 0.1) is 0 Å². The summed E-state index contributed by atoms with van der Waals surface area (Å²) in [6.07, 6.45) is 1.76. The van der Waals surface area contributed by atoms with Gasteiger partial charge in [0.25, 0.3) is 5.91 Å². The number of nitrogens with two attached hydrogens (primary N) is 1. The van der Waals surface area contributed by atoms with E-state index in [0.29, 0.717) is 29.4 Å². The molecule has 3 rings (SSSR count). The van der Waals surface area contributed by atoms with Gasteiger partial charge in [0, 0.05) is 42.2 Å². The number of hydrogen-bond acceptors (Lipinski definition) is 3. The van der Waals surface area contributed by atoms with Crippen LogP contribution in [0.1, 0.15) is 23.2 Å². The van der Waals surface area contributed by atoms with Crippen LogP contribution in [0.3, 0.4) is 0 Å². The normalized spacial score (nSPS) is 15.4. The highest BCUT2D eigenvalue weighted by Crippen LogP contribution is 2.22. The van der Waals surface area contributed by atoms with Crippen molar-refractivity contribution in [3.63, 3.8) is 0 Å². The lowest BCUT2D eigenvalue weighted by Gasteiger charge is -2.32. The first-order chi connectivity index (χ1) is 11.1. The Morgan fingerprint density at radius 3 is 2.48 bits per heavy atom. The molecule has 0 bridgehead atoms. The second-order valence-electron chi connectivity index (χ2n) is 5.69. The molecule has 1 heterocycles. The third kappa shape index (κ3) is 3.96. The molecule has 0 atom stereocenters. The maximum Gasteiger partial charge on any atom is 0.253 e. The Morgan fingerprint density at radius 2 is 1.83 bits per heavy atom. The predicted molar refractivity (Wildman–Crippen MR) is 91.9 cm³/mol. The first-order valence-corrected chi connectivity index (χ1v) is 8.06. The topological polar surface area (TPSA) is 55.6 Å². The van der Waals surface area contributed by atoms with Crippen LogP contribution in [-0.2, 0) is 0 Å². The van der Waals surface area contributed by atoms with Gasteiger partial charge >= 0.3 is 0 Å². The van der Waals surface area contributed by atoms with Gasteiger partial charge in [-0.25, -0.2) is 0 Å². The first kappa shape index (κ1) is 15.7. The summed E-state index contributed by atoms with van der Waals surface area (Å²) in [5.41, 5.74) is 6.99. The van der Waals surface area contributed by atoms with Gasteiger partial charge in [-0.05, 0) is 42.5 Å². The minimum atomic E-state index is 0.0299. The number of benzene rings is 2. The lowest BCUT2D eigenvalue weighted by molar-refractivity contribution is 0.0595. The highest BCUT2D eigenvalue weighted by atomic mass is 35.5. The van der Waals surface area contributed by atoms with Gasteiger partial charge in [0.15, 0.2) is 0 Å². The second kappa shape index (κ2) is 6.92. The van der Waals surface area contributed by atoms with Crippen molar-refractivity contribution in [2.45, 2.75) is 18.9 Å². The predicted octanol–water partition coefficient (Wildman–Crippen LogP) is 3.61. The summed E-state index contributed by atoms with van der Waals surface area (Å²) in [6, 6.07) is 14.5. The molecule has 0 saturated carbocycles. The number of piperidine rings is 1. The number of hydrogen-bond donors (Lipinski definition) is 1. The second-order valence-corrected chi connectivity index (χ2v) is 6.13. The van der Waals surface area contributed by atoms with Crippen molar-refractivity contribution in [1.82, 2.24) is 4.90 Å². The third-order valence-electron chi connectivity index (χ3n) is 3.98. The van der Waals surface area contributed by atoms with Crippen molar-refractivity contribution < 1.29 is 9.53 Å². The average Bonchev–Trinajstić information content (AvgIpc) is 2.57. The average molecular weight is 331 g/mol. The highest BCUT2D eigenvalue weighted by Gasteiger charge is 2.24. The number of amides is 1. The molecule has 0 radical (unpaired) electrons. The number of carbonyl (C=O) groups excluding carboxylic acids is 1. The molecule has 5 heteroatoms. The number of nitrogen functional groups attached to an aromatic ring is 1. The Bertz CT molecular complexity index is 680. The summed E-state index contributed by atoms with van der Waals surface area (Å²) >= 11 is 5.87. The Labute approximate surface area is 140 Å². The molecule has 2 aromatic carbocycles. The van der Waals surface area contributed by atoms with Crippen molar-refractivity contribution in [3.05, 3.63) is 59.1 Å². The molecular formula is C18H19ClN2O2. The van der Waals surface area contributed by atoms with Crippen LogP contribution in [0.25, 0.3) is 0 Å². The number of rotatable bonds is 3. The van der Waals surface area contributed by atoms with Crippen LogP contribution < -0.4 is 10.5 Å². The number of anilines is 1. The van der Waals surface area contributed by atoms with Crippen molar-refractivity contribution in [3.8, 4) is 5.75 Å². The molecule has 0 aliphatic carbocycles. The SMILES string of the molecule is Nc1cccc(C(=O)N2CCC(Oc3ccc(Cl)cc3)CC2)c1. The fraction of sp³-hybridized carbons (Fsp3) is 0.278. The molecular weight excluding hydrogens is 312 g/mol. The summed E-state index contributed by atoms with van der Waals surface area (Å²) < 4.78 is 5.95. The molecule has 1 fully saturated rings. The molecule has 1 saturated heterocycles. The standard InChI is InChI=1S/C18H19ClN2O2/c19-14-4-6-16(7-5-14)23-17-8-10-21(11-9-17)18(22)13-2-1-3-15(20)12-13/h1-7,12,17H,8-11,20H2. The number of carbonyl (C=O) groups is 1. The van der Waals surface area contributed by atoms with E-state index in [0.717, 1.165) is 18.6 Å². The lowest BCUT2D eigenvalue weighted by atomic mass is 10.1. The maximum atomic E-state index is 12.5. The third-order valence-corrected chi connectivity index (χ3v) is 4.23. The smallest absolute Gasteiger partial charge is 0.253 e. The van der Waals surface area contributed by atoms with Crippen LogP contribution >= 0.6 is 11.6 Å². The van der Waals surface area contributed by atoms with Gasteiger partial charge in [0.1, 0.15) is 11.9 Å². The molecule has 1 aliphatic rings. The minimum absolute atomic E-state index is 0.0299. The monoisotopic (exact) mass is 330 g/mol. The van der Waals surface area contributed by atoms with Gasteiger partial charge in [-0.1, -0.05) is 17.7 Å². The van der Waals surface area contributed by atoms with E-state index in [4.69, 9.17) is 22.1 Å². The Kier molecular flexibility index (Phi) is 4.72. The summed E-state index contributed by atoms with van der Waals surface area (Å²) in [7, 11) is 0. The molecule has 4 nitrogen and oxygen atoms in total. The zero-order valence-electron chi connectivity index (χ0n) is 12.7. The van der Waals surface area contributed by atoms with Crippen molar-refractivity contribution >= 4 is 23.2 Å². The van der Waals surface area contributed by atoms with Gasteiger partial charge in [0.05, 0.1) is 0 Å². The Balaban J connectivity index is 1.55. The summed E-state index contributed by atoms with van der Waals surface area (Å²) in [5, 5.41) is 0.694. The van der Waals surface area contributed by atoms with Crippen LogP contribution in [0.5, 0.6) is 5.75 Å². The van der Waals surface area contributed by atoms with Gasteiger partial charge in [-0.3, -0.25) is 4.79 Å². The Morgan fingerprint density at radius 1 is 1.13 bits per heavy atom. The number of likely N-dealkylation sites (tertiary alicyclic amines) is 1. The molecule has 0 aromatic heterocycles. The minimum Gasteiger partial charge on any atom is -0.490 e. The summed E-state index contributed by atoms with van der Waals surface area (Å²) in [6.45, 7) is 1.37. The van der Waals surface area contributed by atoms with E-state index in [9.17, 15) is 4.79 Å². The van der Waals surface area contributed by atoms with E-state index in [1.165, 1.54) is 0 Å². The van der Waals surface area contributed by atoms with Gasteiger partial charge in [0.2, 0.25) is 0 Å². The first-order valence-electron chi connectivity index (χ1n) is 7.69. The summed E-state index contributed by atoms with van der Waals surface area (Å²) in [5.74, 6) is 0.845. The van der Waals surface area contributed by atoms with Gasteiger partial charge < -0.3 is 15.4 Å². The molecule has 2 N–H and O–H groups in total. The fourth-order valence-corrected chi connectivity index (χ4v) is 2.86. The molecule has 120 valence electrons. The van der Waals surface area contributed by atoms with Crippen LogP contribution in [0.15, 0.2) is 48.5 Å². The van der Waals surface area contributed by atoms with E-state index in [2.05, 4.69) is 0 Å². The van der Waals surface area contributed by atoms with E-state index < -0.39 is 0 Å². The van der Waals surface area contributed by atoms with Gasteiger partial charge in [-0.2, -0.15) is 0 Å². The molecule has 2 aromatic rings. The highest BCUT2D eigenvalue weighted by molar-refractivity contribution is 6.30. The van der Waals surface area contributed by atoms with Gasteiger partial charge in [-0.15, -0.1) is 0 Å². The van der Waals surface area contributed by atoms with E-state index in [-0.39, 0.29) is 12.0 Å². The van der Waals surface area contributed by atoms with E-state index in [1.807, 2.05) is 29.2 Å². The maximum absolute atomic E-state index is 12.5.